The Kier molecular flexibility index (Phi) is 6.69. The minimum Gasteiger partial charge on any atom is -0.395 e. The van der Waals surface area contributed by atoms with Crippen LogP contribution in [0.5, 0.6) is 0 Å². The standard InChI is InChI=1S/C12H25NOS/c1-3-7-13-11-5-4-6-12(8-11)15-10(2)9-14/h10-14H,3-9H2,1-2H3. The molecule has 0 aromatic heterocycles. The third-order valence-electron chi connectivity index (χ3n) is 2.99. The number of thioether (sulfide) groups is 1. The summed E-state index contributed by atoms with van der Waals surface area (Å²) in [7, 11) is 0. The average molecular weight is 231 g/mol. The summed E-state index contributed by atoms with van der Waals surface area (Å²) in [5.41, 5.74) is 0. The Morgan fingerprint density at radius 1 is 1.47 bits per heavy atom. The van der Waals surface area contributed by atoms with Crippen LogP contribution in [-0.4, -0.2) is 34.8 Å². The molecule has 0 spiro atoms. The first-order chi connectivity index (χ1) is 7.26. The lowest BCUT2D eigenvalue weighted by Gasteiger charge is -2.30. The molecule has 0 aromatic carbocycles. The minimum atomic E-state index is 0.314. The molecule has 0 heterocycles. The molecule has 3 atom stereocenters. The van der Waals surface area contributed by atoms with E-state index in [1.807, 2.05) is 11.8 Å². The van der Waals surface area contributed by atoms with Crippen molar-refractivity contribution in [2.75, 3.05) is 13.2 Å². The van der Waals surface area contributed by atoms with E-state index < -0.39 is 0 Å². The molecule has 0 aliphatic heterocycles. The van der Waals surface area contributed by atoms with Gasteiger partial charge in [0.2, 0.25) is 0 Å². The van der Waals surface area contributed by atoms with Crippen LogP contribution >= 0.6 is 11.8 Å². The molecule has 90 valence electrons. The van der Waals surface area contributed by atoms with E-state index in [9.17, 15) is 0 Å². The van der Waals surface area contributed by atoms with Crippen LogP contribution in [-0.2, 0) is 0 Å². The highest BCUT2D eigenvalue weighted by Crippen LogP contribution is 2.31. The van der Waals surface area contributed by atoms with Crippen molar-refractivity contribution < 1.29 is 5.11 Å². The fourth-order valence-electron chi connectivity index (χ4n) is 2.17. The second-order valence-corrected chi connectivity index (χ2v) is 6.31. The molecular formula is C12H25NOS. The van der Waals surface area contributed by atoms with Gasteiger partial charge in [-0.25, -0.2) is 0 Å². The molecule has 0 aromatic rings. The van der Waals surface area contributed by atoms with Crippen LogP contribution in [0.4, 0.5) is 0 Å². The third-order valence-corrected chi connectivity index (χ3v) is 4.42. The van der Waals surface area contributed by atoms with Crippen molar-refractivity contribution in [3.63, 3.8) is 0 Å². The zero-order chi connectivity index (χ0) is 11.1. The van der Waals surface area contributed by atoms with Crippen LogP contribution in [0.3, 0.4) is 0 Å². The Morgan fingerprint density at radius 3 is 2.93 bits per heavy atom. The highest BCUT2D eigenvalue weighted by atomic mass is 32.2. The van der Waals surface area contributed by atoms with Gasteiger partial charge in [0.05, 0.1) is 6.61 Å². The van der Waals surface area contributed by atoms with Crippen molar-refractivity contribution in [3.05, 3.63) is 0 Å². The number of hydrogen-bond acceptors (Lipinski definition) is 3. The Bertz CT molecular complexity index is 166. The fourth-order valence-corrected chi connectivity index (χ4v) is 3.56. The fraction of sp³-hybridized carbons (Fsp3) is 1.00. The maximum absolute atomic E-state index is 9.04. The van der Waals surface area contributed by atoms with Crippen molar-refractivity contribution >= 4 is 11.8 Å². The van der Waals surface area contributed by atoms with Crippen LogP contribution in [0.25, 0.3) is 0 Å². The molecule has 1 aliphatic rings. The summed E-state index contributed by atoms with van der Waals surface area (Å²) < 4.78 is 0. The molecule has 15 heavy (non-hydrogen) atoms. The smallest absolute Gasteiger partial charge is 0.0547 e. The van der Waals surface area contributed by atoms with E-state index in [1.165, 1.54) is 32.1 Å². The molecule has 3 unspecified atom stereocenters. The molecule has 0 amide bonds. The summed E-state index contributed by atoms with van der Waals surface area (Å²) in [6.45, 7) is 5.80. The zero-order valence-corrected chi connectivity index (χ0v) is 10.9. The second kappa shape index (κ2) is 7.53. The van der Waals surface area contributed by atoms with Gasteiger partial charge in [-0.15, -0.1) is 0 Å². The minimum absolute atomic E-state index is 0.314. The molecule has 1 saturated carbocycles. The van der Waals surface area contributed by atoms with Gasteiger partial charge in [0.25, 0.3) is 0 Å². The Hall–Kier alpha value is 0.270. The first-order valence-electron chi connectivity index (χ1n) is 6.26. The lowest BCUT2D eigenvalue weighted by Crippen LogP contribution is -2.36. The van der Waals surface area contributed by atoms with Crippen LogP contribution in [0.15, 0.2) is 0 Å². The van der Waals surface area contributed by atoms with Gasteiger partial charge in [0, 0.05) is 16.5 Å². The molecule has 1 rings (SSSR count). The van der Waals surface area contributed by atoms with Crippen LogP contribution in [0.1, 0.15) is 46.0 Å². The summed E-state index contributed by atoms with van der Waals surface area (Å²) in [5, 5.41) is 13.8. The molecule has 0 radical (unpaired) electrons. The van der Waals surface area contributed by atoms with E-state index in [4.69, 9.17) is 5.11 Å². The van der Waals surface area contributed by atoms with Crippen LogP contribution in [0.2, 0.25) is 0 Å². The SMILES string of the molecule is CCCNC1CCCC(SC(C)CO)C1. The van der Waals surface area contributed by atoms with Crippen molar-refractivity contribution in [3.8, 4) is 0 Å². The highest BCUT2D eigenvalue weighted by molar-refractivity contribution is 8.00. The first-order valence-corrected chi connectivity index (χ1v) is 7.20. The molecule has 0 saturated heterocycles. The van der Waals surface area contributed by atoms with E-state index in [2.05, 4.69) is 19.2 Å². The maximum Gasteiger partial charge on any atom is 0.0547 e. The molecular weight excluding hydrogens is 206 g/mol. The van der Waals surface area contributed by atoms with Crippen molar-refractivity contribution in [1.29, 1.82) is 0 Å². The zero-order valence-electron chi connectivity index (χ0n) is 10.0. The largest absolute Gasteiger partial charge is 0.395 e. The lowest BCUT2D eigenvalue weighted by atomic mass is 9.95. The van der Waals surface area contributed by atoms with Gasteiger partial charge < -0.3 is 10.4 Å². The van der Waals surface area contributed by atoms with Crippen molar-refractivity contribution in [2.45, 2.75) is 62.5 Å². The van der Waals surface area contributed by atoms with E-state index in [0.29, 0.717) is 11.9 Å². The predicted molar refractivity (Wildman–Crippen MR) is 68.5 cm³/mol. The number of aliphatic hydroxyl groups excluding tert-OH is 1. The third kappa shape index (κ3) is 5.23. The number of aliphatic hydroxyl groups is 1. The number of nitrogens with one attached hydrogen (secondary N) is 1. The summed E-state index contributed by atoms with van der Waals surface area (Å²) in [6, 6.07) is 0.724. The van der Waals surface area contributed by atoms with E-state index in [1.54, 1.807) is 0 Å². The van der Waals surface area contributed by atoms with E-state index in [-0.39, 0.29) is 0 Å². The molecule has 1 fully saturated rings. The number of rotatable bonds is 6. The highest BCUT2D eigenvalue weighted by Gasteiger charge is 2.22. The van der Waals surface area contributed by atoms with Gasteiger partial charge in [0.1, 0.15) is 0 Å². The Balaban J connectivity index is 2.22. The quantitative estimate of drug-likeness (QED) is 0.736. The summed E-state index contributed by atoms with van der Waals surface area (Å²) in [5.74, 6) is 0. The molecule has 1 aliphatic carbocycles. The Labute approximate surface area is 98.2 Å². The topological polar surface area (TPSA) is 32.3 Å². The first kappa shape index (κ1) is 13.3. The monoisotopic (exact) mass is 231 g/mol. The van der Waals surface area contributed by atoms with Gasteiger partial charge in [-0.05, 0) is 32.2 Å². The lowest BCUT2D eigenvalue weighted by molar-refractivity contribution is 0.299. The normalized spacial score (nSPS) is 29.0. The average Bonchev–Trinajstić information content (AvgIpc) is 2.26. The Morgan fingerprint density at radius 2 is 2.27 bits per heavy atom. The van der Waals surface area contributed by atoms with Gasteiger partial charge in [-0.1, -0.05) is 20.3 Å². The van der Waals surface area contributed by atoms with Crippen molar-refractivity contribution in [1.82, 2.24) is 5.32 Å². The molecule has 2 N–H and O–H groups in total. The van der Waals surface area contributed by atoms with Gasteiger partial charge >= 0.3 is 0 Å². The summed E-state index contributed by atoms with van der Waals surface area (Å²) >= 11 is 1.97. The van der Waals surface area contributed by atoms with Crippen LogP contribution < -0.4 is 5.32 Å². The van der Waals surface area contributed by atoms with Crippen LogP contribution in [0, 0.1) is 0 Å². The van der Waals surface area contributed by atoms with Gasteiger partial charge in [0.15, 0.2) is 0 Å². The van der Waals surface area contributed by atoms with Gasteiger partial charge in [-0.3, -0.25) is 0 Å². The number of hydrogen-bond donors (Lipinski definition) is 2. The predicted octanol–water partition coefficient (Wildman–Crippen LogP) is 2.41. The second-order valence-electron chi connectivity index (χ2n) is 4.57. The molecule has 3 heteroatoms. The molecule has 0 bridgehead atoms. The van der Waals surface area contributed by atoms with Gasteiger partial charge in [-0.2, -0.15) is 11.8 Å². The summed E-state index contributed by atoms with van der Waals surface area (Å²) in [6.07, 6.45) is 6.53. The van der Waals surface area contributed by atoms with E-state index >= 15 is 0 Å². The van der Waals surface area contributed by atoms with E-state index in [0.717, 1.165) is 17.8 Å². The van der Waals surface area contributed by atoms with Crippen molar-refractivity contribution in [2.24, 2.45) is 0 Å². The molecule has 2 nitrogen and oxygen atoms in total. The summed E-state index contributed by atoms with van der Waals surface area (Å²) in [4.78, 5) is 0. The maximum atomic E-state index is 9.04.